The number of methoxy groups -OCH3 is 3. The Morgan fingerprint density at radius 1 is 0.974 bits per heavy atom. The topological polar surface area (TPSA) is 137 Å². The molecule has 1 amide bonds. The molecule has 4 aromatic rings. The fourth-order valence-corrected chi connectivity index (χ4v) is 4.46. The van der Waals surface area contributed by atoms with Crippen molar-refractivity contribution >= 4 is 29.9 Å². The molecule has 2 N–H and O–H groups in total. The Kier molecular flexibility index (Phi) is 8.79. The number of carboxylic acid groups (broad SMARTS) is 1. The van der Waals surface area contributed by atoms with Crippen molar-refractivity contribution in [3.63, 3.8) is 0 Å². The lowest BCUT2D eigenvalue weighted by Crippen LogP contribution is -2.20. The second-order valence-electron chi connectivity index (χ2n) is 7.87. The third-order valence-electron chi connectivity index (χ3n) is 5.49. The molecule has 0 aliphatic carbocycles. The maximum Gasteiger partial charge on any atom is 0.336 e. The number of aromatic carboxylic acids is 1. The van der Waals surface area contributed by atoms with Crippen LogP contribution in [0.15, 0.2) is 77.0 Å². The Labute approximate surface area is 228 Å². The molecule has 0 spiro atoms. The van der Waals surface area contributed by atoms with Crippen LogP contribution < -0.4 is 19.6 Å². The van der Waals surface area contributed by atoms with Crippen LogP contribution in [0.5, 0.6) is 17.2 Å². The van der Waals surface area contributed by atoms with Gasteiger partial charge in [-0.1, -0.05) is 48.2 Å². The highest BCUT2D eigenvalue weighted by Crippen LogP contribution is 2.41. The van der Waals surface area contributed by atoms with Gasteiger partial charge in [-0.3, -0.25) is 9.36 Å². The molecule has 12 heteroatoms. The summed E-state index contributed by atoms with van der Waals surface area (Å²) < 4.78 is 18.2. The van der Waals surface area contributed by atoms with Gasteiger partial charge in [0.05, 0.1) is 38.9 Å². The number of aromatic nitrogens is 3. The Morgan fingerprint density at radius 2 is 1.64 bits per heavy atom. The van der Waals surface area contributed by atoms with Gasteiger partial charge < -0.3 is 19.3 Å². The smallest absolute Gasteiger partial charge is 0.336 e. The molecule has 0 saturated carbocycles. The van der Waals surface area contributed by atoms with Crippen molar-refractivity contribution in [2.45, 2.75) is 5.16 Å². The summed E-state index contributed by atoms with van der Waals surface area (Å²) in [5.41, 5.74) is 4.33. The summed E-state index contributed by atoms with van der Waals surface area (Å²) in [6.07, 6.45) is 1.29. The van der Waals surface area contributed by atoms with Gasteiger partial charge in [0.2, 0.25) is 5.75 Å². The van der Waals surface area contributed by atoms with Crippen LogP contribution in [-0.2, 0) is 4.79 Å². The molecule has 0 fully saturated rings. The molecule has 3 aromatic carbocycles. The van der Waals surface area contributed by atoms with Gasteiger partial charge in [0.15, 0.2) is 22.5 Å². The molecule has 200 valence electrons. The quantitative estimate of drug-likeness (QED) is 0.163. The minimum Gasteiger partial charge on any atom is -0.493 e. The first-order chi connectivity index (χ1) is 19.0. The first-order valence-corrected chi connectivity index (χ1v) is 12.5. The summed E-state index contributed by atoms with van der Waals surface area (Å²) in [7, 11) is 4.60. The van der Waals surface area contributed by atoms with E-state index in [0.29, 0.717) is 39.4 Å². The number of nitrogens with one attached hydrogen (secondary N) is 1. The van der Waals surface area contributed by atoms with Crippen LogP contribution in [0.2, 0.25) is 0 Å². The standard InChI is InChI=1S/C27H25N5O6S/c1-36-21-13-18(14-22(37-2)24(21)38-3)25-30-31-27(32(25)19-10-5-4-6-11-19)39-16-23(33)29-28-15-17-9-7-8-12-20(17)26(34)35/h4-15H,16H2,1-3H3,(H,29,33)(H,34,35)/b28-15+. The fraction of sp³-hybridized carbons (Fsp3) is 0.148. The zero-order valence-corrected chi connectivity index (χ0v) is 22.1. The van der Waals surface area contributed by atoms with Crippen molar-refractivity contribution in [2.24, 2.45) is 5.10 Å². The summed E-state index contributed by atoms with van der Waals surface area (Å²) in [5.74, 6) is 0.385. The molecule has 11 nitrogen and oxygen atoms in total. The summed E-state index contributed by atoms with van der Waals surface area (Å²) in [6.45, 7) is 0. The maximum atomic E-state index is 12.5. The van der Waals surface area contributed by atoms with Crippen molar-refractivity contribution in [3.05, 3.63) is 77.9 Å². The average Bonchev–Trinajstić information content (AvgIpc) is 3.39. The summed E-state index contributed by atoms with van der Waals surface area (Å²) in [6, 6.07) is 19.4. The summed E-state index contributed by atoms with van der Waals surface area (Å²) in [5, 5.41) is 22.4. The molecule has 4 rings (SSSR count). The molecule has 0 saturated heterocycles. The monoisotopic (exact) mass is 547 g/mol. The highest BCUT2D eigenvalue weighted by Gasteiger charge is 2.21. The highest BCUT2D eigenvalue weighted by molar-refractivity contribution is 7.99. The third-order valence-corrected chi connectivity index (χ3v) is 6.42. The van der Waals surface area contributed by atoms with Gasteiger partial charge in [-0.15, -0.1) is 10.2 Å². The number of ether oxygens (including phenoxy) is 3. The van der Waals surface area contributed by atoms with E-state index in [-0.39, 0.29) is 11.3 Å². The van der Waals surface area contributed by atoms with Gasteiger partial charge in [-0.25, -0.2) is 10.2 Å². The zero-order chi connectivity index (χ0) is 27.8. The van der Waals surface area contributed by atoms with E-state index in [1.165, 1.54) is 45.4 Å². The van der Waals surface area contributed by atoms with Gasteiger partial charge in [0, 0.05) is 16.8 Å². The number of rotatable bonds is 11. The molecular weight excluding hydrogens is 522 g/mol. The summed E-state index contributed by atoms with van der Waals surface area (Å²) >= 11 is 1.17. The predicted molar refractivity (Wildman–Crippen MR) is 146 cm³/mol. The van der Waals surface area contributed by atoms with Gasteiger partial charge in [0.1, 0.15) is 0 Å². The first kappa shape index (κ1) is 27.2. The minimum absolute atomic E-state index is 0.0157. The number of carbonyl (C=O) groups is 2. The number of carboxylic acids is 1. The third kappa shape index (κ3) is 6.18. The molecule has 39 heavy (non-hydrogen) atoms. The Morgan fingerprint density at radius 3 is 2.28 bits per heavy atom. The van der Waals surface area contributed by atoms with Crippen molar-refractivity contribution in [3.8, 4) is 34.3 Å². The van der Waals surface area contributed by atoms with Crippen LogP contribution in [0, 0.1) is 0 Å². The molecule has 1 aromatic heterocycles. The van der Waals surface area contributed by atoms with Gasteiger partial charge in [0.25, 0.3) is 5.91 Å². The molecule has 0 atom stereocenters. The molecule has 0 bridgehead atoms. The molecule has 1 heterocycles. The maximum absolute atomic E-state index is 12.5. The van der Waals surface area contributed by atoms with Crippen molar-refractivity contribution in [1.82, 2.24) is 20.2 Å². The lowest BCUT2D eigenvalue weighted by molar-refractivity contribution is -0.118. The Balaban J connectivity index is 1.58. The van der Waals surface area contributed by atoms with Crippen LogP contribution in [0.3, 0.4) is 0 Å². The minimum atomic E-state index is -1.08. The number of nitrogens with zero attached hydrogens (tertiary/aromatic N) is 4. The number of benzene rings is 3. The predicted octanol–water partition coefficient (Wildman–Crippen LogP) is 3.90. The van der Waals surface area contributed by atoms with Gasteiger partial charge in [-0.2, -0.15) is 5.10 Å². The molecule has 0 aliphatic rings. The first-order valence-electron chi connectivity index (χ1n) is 11.5. The Bertz CT molecular complexity index is 1480. The lowest BCUT2D eigenvalue weighted by Gasteiger charge is -2.15. The number of para-hydroxylation sites is 1. The number of hydrogen-bond donors (Lipinski definition) is 2. The summed E-state index contributed by atoms with van der Waals surface area (Å²) in [4.78, 5) is 23.9. The van der Waals surface area contributed by atoms with Crippen LogP contribution in [0.1, 0.15) is 15.9 Å². The second-order valence-corrected chi connectivity index (χ2v) is 8.81. The SMILES string of the molecule is COc1cc(-c2nnc(SCC(=O)N/N=C/c3ccccc3C(=O)O)n2-c2ccccc2)cc(OC)c1OC. The van der Waals surface area contributed by atoms with Crippen LogP contribution in [-0.4, -0.2) is 65.0 Å². The number of hydrogen-bond acceptors (Lipinski definition) is 9. The van der Waals surface area contributed by atoms with Crippen molar-refractivity contribution in [1.29, 1.82) is 0 Å². The van der Waals surface area contributed by atoms with Crippen LogP contribution in [0.4, 0.5) is 0 Å². The number of hydrazone groups is 1. The number of amides is 1. The van der Waals surface area contributed by atoms with Crippen LogP contribution >= 0.6 is 11.8 Å². The fourth-order valence-electron chi connectivity index (χ4n) is 3.71. The van der Waals surface area contributed by atoms with Gasteiger partial charge >= 0.3 is 5.97 Å². The molecule has 0 radical (unpaired) electrons. The lowest BCUT2D eigenvalue weighted by atomic mass is 10.1. The van der Waals surface area contributed by atoms with E-state index in [1.54, 1.807) is 30.3 Å². The normalized spacial score (nSPS) is 10.8. The van der Waals surface area contributed by atoms with E-state index in [4.69, 9.17) is 14.2 Å². The second kappa shape index (κ2) is 12.6. The van der Waals surface area contributed by atoms with E-state index >= 15 is 0 Å². The largest absolute Gasteiger partial charge is 0.493 e. The molecule has 0 unspecified atom stereocenters. The zero-order valence-electron chi connectivity index (χ0n) is 21.3. The van der Waals surface area contributed by atoms with E-state index in [2.05, 4.69) is 20.7 Å². The number of thioether (sulfide) groups is 1. The molecule has 0 aliphatic heterocycles. The van der Waals surface area contributed by atoms with E-state index in [1.807, 2.05) is 34.9 Å². The van der Waals surface area contributed by atoms with Crippen molar-refractivity contribution < 1.29 is 28.9 Å². The average molecular weight is 548 g/mol. The van der Waals surface area contributed by atoms with Crippen LogP contribution in [0.25, 0.3) is 17.1 Å². The van der Waals surface area contributed by atoms with Gasteiger partial charge in [-0.05, 0) is 30.3 Å². The molecular formula is C27H25N5O6S. The highest BCUT2D eigenvalue weighted by atomic mass is 32.2. The van der Waals surface area contributed by atoms with Crippen molar-refractivity contribution in [2.75, 3.05) is 27.1 Å². The number of carbonyl (C=O) groups excluding carboxylic acids is 1. The Hall–Kier alpha value is -4.84. The van der Waals surface area contributed by atoms with E-state index in [9.17, 15) is 14.7 Å². The van der Waals surface area contributed by atoms with E-state index < -0.39 is 11.9 Å². The van der Waals surface area contributed by atoms with E-state index in [0.717, 1.165) is 5.69 Å².